The molecule has 1 fully saturated rings. The molecule has 200 valence electrons. The van der Waals surface area contributed by atoms with Gasteiger partial charge in [0.1, 0.15) is 17.0 Å². The van der Waals surface area contributed by atoms with Gasteiger partial charge in [0.2, 0.25) is 5.91 Å². The van der Waals surface area contributed by atoms with Gasteiger partial charge in [-0.1, -0.05) is 49.2 Å². The van der Waals surface area contributed by atoms with E-state index in [-0.39, 0.29) is 36.2 Å². The summed E-state index contributed by atoms with van der Waals surface area (Å²) in [6.07, 6.45) is 1.33. The number of aliphatic hydroxyl groups is 2. The third-order valence-electron chi connectivity index (χ3n) is 7.64. The number of ketones is 1. The number of amides is 1. The van der Waals surface area contributed by atoms with Crippen molar-refractivity contribution in [2.45, 2.75) is 75.5 Å². The second kappa shape index (κ2) is 11.4. The van der Waals surface area contributed by atoms with Crippen molar-refractivity contribution in [3.63, 3.8) is 0 Å². The lowest BCUT2D eigenvalue weighted by atomic mass is 9.63. The Morgan fingerprint density at radius 2 is 1.95 bits per heavy atom. The summed E-state index contributed by atoms with van der Waals surface area (Å²) in [6, 6.07) is 8.68. The van der Waals surface area contributed by atoms with Crippen LogP contribution in [0.5, 0.6) is 0 Å². The molecule has 37 heavy (non-hydrogen) atoms. The lowest BCUT2D eigenvalue weighted by molar-refractivity contribution is -0.122. The van der Waals surface area contributed by atoms with E-state index in [1.165, 1.54) is 12.1 Å². The summed E-state index contributed by atoms with van der Waals surface area (Å²) in [5.74, 6) is -1.35. The fourth-order valence-electron chi connectivity index (χ4n) is 5.92. The molecule has 4 rings (SSSR count). The molecule has 5 atom stereocenters. The zero-order valence-electron chi connectivity index (χ0n) is 20.9. The van der Waals surface area contributed by atoms with Crippen molar-refractivity contribution in [2.24, 2.45) is 5.92 Å². The zero-order valence-corrected chi connectivity index (χ0v) is 22.5. The van der Waals surface area contributed by atoms with Gasteiger partial charge in [0.15, 0.2) is 0 Å². The molecule has 9 heteroatoms. The first-order valence-electron chi connectivity index (χ1n) is 12.7. The maximum Gasteiger partial charge on any atom is 0.237 e. The molecule has 1 saturated heterocycles. The molecule has 1 spiro atoms. The molecular formula is C28H33Cl2FN2O4. The van der Waals surface area contributed by atoms with E-state index >= 15 is 0 Å². The molecule has 0 bridgehead atoms. The normalized spacial score (nSPS) is 25.5. The number of carbonyl (C=O) groups excluding carboxylic acids is 2. The average Bonchev–Trinajstić information content (AvgIpc) is 3.33. The van der Waals surface area contributed by atoms with Crippen molar-refractivity contribution >= 4 is 40.6 Å². The molecule has 2 aliphatic heterocycles. The molecule has 2 aromatic carbocycles. The minimum absolute atomic E-state index is 0.0878. The smallest absolute Gasteiger partial charge is 0.237 e. The lowest BCUT2D eigenvalue weighted by Gasteiger charge is -2.35. The van der Waals surface area contributed by atoms with Crippen LogP contribution < -0.4 is 10.6 Å². The SMILES string of the molecule is CC(C)CC[C@H]1N[C@@H](C(=O)CCC[C@H](O)CO)[C@H](c2cccc(Cl)c2)[C@@]12C(=O)Nc1cc(Cl)c(F)cc12. The van der Waals surface area contributed by atoms with Crippen LogP contribution in [0.25, 0.3) is 0 Å². The summed E-state index contributed by atoms with van der Waals surface area (Å²) in [5, 5.41) is 25.6. The standard InChI is InChI=1S/C28H33Cl2FN2O4/c1-15(2)9-10-24-28(19-12-21(31)20(30)13-22(19)32-27(28)37)25(16-5-3-6-17(29)11-16)26(33-24)23(36)8-4-7-18(35)14-34/h3,5-6,11-13,15,18,24-26,33-35H,4,7-10,14H2,1-2H3,(H,32,37)/t18-,24+,25-,26-,28-/m0/s1. The van der Waals surface area contributed by atoms with E-state index in [9.17, 15) is 19.1 Å². The van der Waals surface area contributed by atoms with E-state index in [4.69, 9.17) is 28.3 Å². The molecule has 6 nitrogen and oxygen atoms in total. The van der Waals surface area contributed by atoms with Crippen molar-refractivity contribution in [1.29, 1.82) is 0 Å². The summed E-state index contributed by atoms with van der Waals surface area (Å²) >= 11 is 12.4. The Balaban J connectivity index is 1.85. The van der Waals surface area contributed by atoms with Gasteiger partial charge in [0, 0.05) is 29.1 Å². The number of nitrogens with one attached hydrogen (secondary N) is 2. The Hall–Kier alpha value is -2.03. The molecule has 0 aromatic heterocycles. The van der Waals surface area contributed by atoms with E-state index in [1.54, 1.807) is 18.2 Å². The van der Waals surface area contributed by atoms with E-state index in [2.05, 4.69) is 24.5 Å². The average molecular weight is 551 g/mol. The molecule has 2 heterocycles. The molecule has 0 saturated carbocycles. The minimum atomic E-state index is -1.26. The van der Waals surface area contributed by atoms with Crippen LogP contribution in [-0.4, -0.2) is 46.7 Å². The number of aliphatic hydroxyl groups excluding tert-OH is 2. The minimum Gasteiger partial charge on any atom is -0.394 e. The molecule has 2 aliphatic rings. The quantitative estimate of drug-likeness (QED) is 0.334. The number of Topliss-reactive ketones (excluding diaryl/α,β-unsaturated/α-hetero) is 1. The summed E-state index contributed by atoms with van der Waals surface area (Å²) in [4.78, 5) is 27.7. The summed E-state index contributed by atoms with van der Waals surface area (Å²) < 4.78 is 14.9. The molecule has 2 aromatic rings. The van der Waals surface area contributed by atoms with Gasteiger partial charge in [0.25, 0.3) is 0 Å². The number of benzene rings is 2. The number of fused-ring (bicyclic) bond motifs is 2. The largest absolute Gasteiger partial charge is 0.394 e. The lowest BCUT2D eigenvalue weighted by Crippen LogP contribution is -2.48. The predicted molar refractivity (Wildman–Crippen MR) is 143 cm³/mol. The van der Waals surface area contributed by atoms with Crippen molar-refractivity contribution < 1.29 is 24.2 Å². The van der Waals surface area contributed by atoms with Crippen LogP contribution in [0.2, 0.25) is 10.0 Å². The second-order valence-electron chi connectivity index (χ2n) is 10.5. The van der Waals surface area contributed by atoms with Gasteiger partial charge in [-0.3, -0.25) is 9.59 Å². The van der Waals surface area contributed by atoms with Crippen LogP contribution >= 0.6 is 23.2 Å². The van der Waals surface area contributed by atoms with Gasteiger partial charge >= 0.3 is 0 Å². The topological polar surface area (TPSA) is 98.7 Å². The maximum absolute atomic E-state index is 14.9. The maximum atomic E-state index is 14.9. The highest BCUT2D eigenvalue weighted by Gasteiger charge is 2.65. The summed E-state index contributed by atoms with van der Waals surface area (Å²) in [6.45, 7) is 3.81. The highest BCUT2D eigenvalue weighted by molar-refractivity contribution is 6.31. The zero-order chi connectivity index (χ0) is 26.9. The van der Waals surface area contributed by atoms with Crippen LogP contribution in [0.15, 0.2) is 36.4 Å². The molecule has 0 radical (unpaired) electrons. The number of hydrogen-bond acceptors (Lipinski definition) is 5. The van der Waals surface area contributed by atoms with Crippen LogP contribution in [0.3, 0.4) is 0 Å². The van der Waals surface area contributed by atoms with Crippen LogP contribution in [0, 0.1) is 11.7 Å². The van der Waals surface area contributed by atoms with Crippen LogP contribution in [-0.2, 0) is 15.0 Å². The Morgan fingerprint density at radius 3 is 2.62 bits per heavy atom. The first kappa shape index (κ1) is 28.0. The molecular weight excluding hydrogens is 518 g/mol. The summed E-state index contributed by atoms with van der Waals surface area (Å²) in [7, 11) is 0. The Labute approximate surface area is 226 Å². The number of hydrogen-bond donors (Lipinski definition) is 4. The Bertz CT molecular complexity index is 1180. The highest BCUT2D eigenvalue weighted by Crippen LogP contribution is 2.56. The Morgan fingerprint density at radius 1 is 1.19 bits per heavy atom. The van der Waals surface area contributed by atoms with E-state index in [0.29, 0.717) is 40.6 Å². The molecule has 0 unspecified atom stereocenters. The van der Waals surface area contributed by atoms with Crippen molar-refractivity contribution in [2.75, 3.05) is 11.9 Å². The second-order valence-corrected chi connectivity index (χ2v) is 11.4. The van der Waals surface area contributed by atoms with Gasteiger partial charge in [-0.15, -0.1) is 0 Å². The third kappa shape index (κ3) is 5.30. The van der Waals surface area contributed by atoms with Crippen molar-refractivity contribution in [3.8, 4) is 0 Å². The monoisotopic (exact) mass is 550 g/mol. The van der Waals surface area contributed by atoms with Gasteiger partial charge in [-0.25, -0.2) is 4.39 Å². The Kier molecular flexibility index (Phi) is 8.61. The first-order valence-corrected chi connectivity index (χ1v) is 13.5. The number of anilines is 1. The third-order valence-corrected chi connectivity index (χ3v) is 8.17. The van der Waals surface area contributed by atoms with E-state index < -0.39 is 35.3 Å². The van der Waals surface area contributed by atoms with Crippen LogP contribution in [0.1, 0.15) is 63.0 Å². The van der Waals surface area contributed by atoms with Crippen LogP contribution in [0.4, 0.5) is 10.1 Å². The number of halogens is 3. The summed E-state index contributed by atoms with van der Waals surface area (Å²) in [5.41, 5.74) is 0.375. The van der Waals surface area contributed by atoms with Gasteiger partial charge in [-0.05, 0) is 67.0 Å². The van der Waals surface area contributed by atoms with E-state index in [1.807, 2.05) is 6.07 Å². The fourth-order valence-corrected chi connectivity index (χ4v) is 6.29. The number of rotatable bonds is 10. The molecule has 0 aliphatic carbocycles. The fraction of sp³-hybridized carbons (Fsp3) is 0.500. The number of carbonyl (C=O) groups is 2. The van der Waals surface area contributed by atoms with Crippen molar-refractivity contribution in [3.05, 3.63) is 63.4 Å². The van der Waals surface area contributed by atoms with Crippen molar-refractivity contribution in [1.82, 2.24) is 5.32 Å². The molecule has 1 amide bonds. The molecule has 4 N–H and O–H groups in total. The van der Waals surface area contributed by atoms with Gasteiger partial charge < -0.3 is 20.8 Å². The van der Waals surface area contributed by atoms with Gasteiger partial charge in [-0.2, -0.15) is 0 Å². The predicted octanol–water partition coefficient (Wildman–Crippen LogP) is 4.98. The highest BCUT2D eigenvalue weighted by atomic mass is 35.5. The van der Waals surface area contributed by atoms with E-state index in [0.717, 1.165) is 6.42 Å². The van der Waals surface area contributed by atoms with Gasteiger partial charge in [0.05, 0.1) is 23.8 Å². The first-order chi connectivity index (χ1) is 17.6.